The monoisotopic (exact) mass is 294 g/mol. The van der Waals surface area contributed by atoms with Gasteiger partial charge in [-0.05, 0) is 42.0 Å². The lowest BCUT2D eigenvalue weighted by Crippen LogP contribution is -2.00. The molecule has 0 aliphatic carbocycles. The van der Waals surface area contributed by atoms with Gasteiger partial charge in [0, 0.05) is 17.3 Å². The summed E-state index contributed by atoms with van der Waals surface area (Å²) in [6.45, 7) is 0.416. The van der Waals surface area contributed by atoms with Crippen LogP contribution in [0.25, 0.3) is 0 Å². The summed E-state index contributed by atoms with van der Waals surface area (Å²) in [6.07, 6.45) is 0. The van der Waals surface area contributed by atoms with E-state index in [4.69, 9.17) is 28.5 Å². The Balaban J connectivity index is 2.10. The summed E-state index contributed by atoms with van der Waals surface area (Å²) in [7, 11) is 0. The van der Waals surface area contributed by atoms with Gasteiger partial charge in [0.15, 0.2) is 0 Å². The average molecular weight is 295 g/mol. The third kappa shape index (κ3) is 3.60. The van der Waals surface area contributed by atoms with Gasteiger partial charge in [-0.1, -0.05) is 23.2 Å². The molecule has 0 spiro atoms. The Morgan fingerprint density at radius 2 is 1.95 bits per heavy atom. The molecular formula is C14H9Cl2FN2. The molecule has 96 valence electrons. The number of nitrogens with zero attached hydrogens (tertiary/aromatic N) is 1. The van der Waals surface area contributed by atoms with Crippen LogP contribution in [-0.2, 0) is 6.54 Å². The summed E-state index contributed by atoms with van der Waals surface area (Å²) in [5.41, 5.74) is 1.90. The van der Waals surface area contributed by atoms with Gasteiger partial charge < -0.3 is 5.32 Å². The summed E-state index contributed by atoms with van der Waals surface area (Å²) in [6, 6.07) is 11.4. The van der Waals surface area contributed by atoms with Crippen molar-refractivity contribution in [2.45, 2.75) is 6.54 Å². The van der Waals surface area contributed by atoms with Crippen LogP contribution in [0.15, 0.2) is 36.4 Å². The van der Waals surface area contributed by atoms with E-state index in [1.807, 2.05) is 6.07 Å². The number of hydrogen-bond donors (Lipinski definition) is 1. The van der Waals surface area contributed by atoms with Gasteiger partial charge in [-0.25, -0.2) is 4.39 Å². The second kappa shape index (κ2) is 5.92. The van der Waals surface area contributed by atoms with Crippen LogP contribution >= 0.6 is 23.2 Å². The van der Waals surface area contributed by atoms with Crippen molar-refractivity contribution in [2.24, 2.45) is 0 Å². The number of rotatable bonds is 3. The molecule has 0 unspecified atom stereocenters. The topological polar surface area (TPSA) is 35.8 Å². The van der Waals surface area contributed by atoms with Crippen LogP contribution in [0.3, 0.4) is 0 Å². The van der Waals surface area contributed by atoms with Crippen LogP contribution in [-0.4, -0.2) is 0 Å². The zero-order valence-corrected chi connectivity index (χ0v) is 11.3. The molecule has 2 aromatic rings. The van der Waals surface area contributed by atoms with Gasteiger partial charge in [-0.2, -0.15) is 5.26 Å². The second-order valence-corrected chi connectivity index (χ2v) is 4.78. The van der Waals surface area contributed by atoms with Gasteiger partial charge >= 0.3 is 0 Å². The lowest BCUT2D eigenvalue weighted by Gasteiger charge is -2.08. The smallest absolute Gasteiger partial charge is 0.125 e. The molecule has 1 N–H and O–H groups in total. The first-order valence-electron chi connectivity index (χ1n) is 5.47. The third-order valence-corrected chi connectivity index (χ3v) is 3.04. The lowest BCUT2D eigenvalue weighted by atomic mass is 10.2. The van der Waals surface area contributed by atoms with Crippen molar-refractivity contribution in [3.05, 3.63) is 63.4 Å². The summed E-state index contributed by atoms with van der Waals surface area (Å²) in [5.74, 6) is -0.373. The number of nitrogens with one attached hydrogen (secondary N) is 1. The molecule has 0 bridgehead atoms. The Bertz CT molecular complexity index is 630. The van der Waals surface area contributed by atoms with Gasteiger partial charge in [-0.15, -0.1) is 0 Å². The minimum Gasteiger partial charge on any atom is -0.381 e. The molecule has 0 fully saturated rings. The van der Waals surface area contributed by atoms with Gasteiger partial charge in [0.2, 0.25) is 0 Å². The molecule has 0 radical (unpaired) electrons. The van der Waals surface area contributed by atoms with Gasteiger partial charge in [0.1, 0.15) is 11.9 Å². The van der Waals surface area contributed by atoms with Crippen molar-refractivity contribution in [3.8, 4) is 6.07 Å². The fourth-order valence-electron chi connectivity index (χ4n) is 1.63. The Kier molecular flexibility index (Phi) is 4.26. The molecule has 0 amide bonds. The maximum absolute atomic E-state index is 13.1. The normalized spacial score (nSPS) is 10.0. The van der Waals surface area contributed by atoms with Crippen molar-refractivity contribution in [1.82, 2.24) is 0 Å². The van der Waals surface area contributed by atoms with E-state index in [-0.39, 0.29) is 5.82 Å². The van der Waals surface area contributed by atoms with E-state index < -0.39 is 0 Å². The SMILES string of the molecule is N#Cc1ccc(NCc2cc(F)cc(Cl)c2)cc1Cl. The molecule has 0 aliphatic heterocycles. The molecular weight excluding hydrogens is 286 g/mol. The van der Waals surface area contributed by atoms with E-state index in [1.54, 1.807) is 24.3 Å². The van der Waals surface area contributed by atoms with E-state index in [9.17, 15) is 4.39 Å². The van der Waals surface area contributed by atoms with E-state index >= 15 is 0 Å². The van der Waals surface area contributed by atoms with Crippen LogP contribution in [0, 0.1) is 17.1 Å². The molecule has 2 nitrogen and oxygen atoms in total. The van der Waals surface area contributed by atoms with Gasteiger partial charge in [0.25, 0.3) is 0 Å². The Morgan fingerprint density at radius 1 is 1.16 bits per heavy atom. The molecule has 19 heavy (non-hydrogen) atoms. The maximum atomic E-state index is 13.1. The Labute approximate surface area is 120 Å². The highest BCUT2D eigenvalue weighted by Gasteiger charge is 2.02. The van der Waals surface area contributed by atoms with Crippen molar-refractivity contribution in [1.29, 1.82) is 5.26 Å². The molecule has 0 heterocycles. The van der Waals surface area contributed by atoms with Crippen LogP contribution in [0.1, 0.15) is 11.1 Å². The quantitative estimate of drug-likeness (QED) is 0.897. The standard InChI is InChI=1S/C14H9Cl2FN2/c15-11-3-9(4-12(17)5-11)8-19-13-2-1-10(7-18)14(16)6-13/h1-6,19H,8H2. The van der Waals surface area contributed by atoms with Gasteiger partial charge in [0.05, 0.1) is 10.6 Å². The number of benzene rings is 2. The fourth-order valence-corrected chi connectivity index (χ4v) is 2.10. The van der Waals surface area contributed by atoms with Crippen molar-refractivity contribution >= 4 is 28.9 Å². The summed E-state index contributed by atoms with van der Waals surface area (Å²) < 4.78 is 13.1. The highest BCUT2D eigenvalue weighted by molar-refractivity contribution is 6.32. The number of hydrogen-bond acceptors (Lipinski definition) is 2. The van der Waals surface area contributed by atoms with Crippen molar-refractivity contribution in [3.63, 3.8) is 0 Å². The third-order valence-electron chi connectivity index (χ3n) is 2.51. The van der Waals surface area contributed by atoms with Crippen LogP contribution in [0.2, 0.25) is 10.0 Å². The van der Waals surface area contributed by atoms with Crippen LogP contribution in [0.5, 0.6) is 0 Å². The molecule has 0 aliphatic rings. The van der Waals surface area contributed by atoms with Crippen molar-refractivity contribution in [2.75, 3.05) is 5.32 Å². The Morgan fingerprint density at radius 3 is 2.58 bits per heavy atom. The average Bonchev–Trinajstić information content (AvgIpc) is 2.35. The molecule has 5 heteroatoms. The fraction of sp³-hybridized carbons (Fsp3) is 0.0714. The minimum absolute atomic E-state index is 0.356. The van der Waals surface area contributed by atoms with Crippen molar-refractivity contribution < 1.29 is 4.39 Å². The van der Waals surface area contributed by atoms with E-state index in [0.717, 1.165) is 11.3 Å². The van der Waals surface area contributed by atoms with E-state index in [0.29, 0.717) is 22.2 Å². The second-order valence-electron chi connectivity index (χ2n) is 3.94. The number of anilines is 1. The van der Waals surface area contributed by atoms with E-state index in [2.05, 4.69) is 5.32 Å². The summed E-state index contributed by atoms with van der Waals surface area (Å²) in [5, 5.41) is 12.6. The first-order valence-corrected chi connectivity index (χ1v) is 6.22. The zero-order valence-electron chi connectivity index (χ0n) is 9.75. The molecule has 2 rings (SSSR count). The number of nitriles is 1. The first kappa shape index (κ1) is 13.7. The highest BCUT2D eigenvalue weighted by atomic mass is 35.5. The molecule has 0 saturated carbocycles. The van der Waals surface area contributed by atoms with E-state index in [1.165, 1.54) is 12.1 Å². The zero-order chi connectivity index (χ0) is 13.8. The Hall–Kier alpha value is -1.76. The summed E-state index contributed by atoms with van der Waals surface area (Å²) >= 11 is 11.7. The minimum atomic E-state index is -0.373. The van der Waals surface area contributed by atoms with Gasteiger partial charge in [-0.3, -0.25) is 0 Å². The molecule has 0 atom stereocenters. The first-order chi connectivity index (χ1) is 9.08. The molecule has 0 aromatic heterocycles. The predicted octanol–water partition coefficient (Wildman–Crippen LogP) is 4.62. The van der Waals surface area contributed by atoms with Crippen LogP contribution in [0.4, 0.5) is 10.1 Å². The molecule has 2 aromatic carbocycles. The number of halogens is 3. The predicted molar refractivity (Wildman–Crippen MR) is 74.9 cm³/mol. The molecule has 0 saturated heterocycles. The highest BCUT2D eigenvalue weighted by Crippen LogP contribution is 2.21. The van der Waals surface area contributed by atoms with Crippen LogP contribution < -0.4 is 5.32 Å². The maximum Gasteiger partial charge on any atom is 0.125 e. The largest absolute Gasteiger partial charge is 0.381 e. The lowest BCUT2D eigenvalue weighted by molar-refractivity contribution is 0.626. The summed E-state index contributed by atoms with van der Waals surface area (Å²) in [4.78, 5) is 0.